The topological polar surface area (TPSA) is 92.3 Å². The largest absolute Gasteiger partial charge is 0.573 e. The molecular weight excluding hydrogens is 413 g/mol. The minimum absolute atomic E-state index is 0.283. The van der Waals surface area contributed by atoms with Gasteiger partial charge in [0.05, 0.1) is 12.2 Å². The van der Waals surface area contributed by atoms with Crippen molar-refractivity contribution in [2.24, 2.45) is 0 Å². The lowest BCUT2D eigenvalue weighted by Gasteiger charge is -2.20. The summed E-state index contributed by atoms with van der Waals surface area (Å²) < 4.78 is 40.7. The number of hydrogen-bond acceptors (Lipinski definition) is 7. The molecule has 2 N–H and O–H groups in total. The number of carbonyl (C=O) groups excluding carboxylic acids is 1. The third-order valence-electron chi connectivity index (χ3n) is 4.51. The Morgan fingerprint density at radius 3 is 2.52 bits per heavy atom. The highest BCUT2D eigenvalue weighted by Gasteiger charge is 2.31. The van der Waals surface area contributed by atoms with Gasteiger partial charge in [0.1, 0.15) is 17.9 Å². The maximum absolute atomic E-state index is 12.7. The number of rotatable bonds is 5. The van der Waals surface area contributed by atoms with E-state index in [4.69, 9.17) is 0 Å². The van der Waals surface area contributed by atoms with Crippen LogP contribution in [0.4, 0.5) is 24.7 Å². The van der Waals surface area contributed by atoms with Gasteiger partial charge in [0.25, 0.3) is 5.91 Å². The molecule has 2 aromatic heterocycles. The van der Waals surface area contributed by atoms with Crippen LogP contribution in [0.25, 0.3) is 11.1 Å². The van der Waals surface area contributed by atoms with Crippen molar-refractivity contribution in [3.63, 3.8) is 0 Å². The quantitative estimate of drug-likeness (QED) is 0.643. The standard InChI is InChI=1S/C20H17F3N6O2/c21-20(22,23)31-16-3-1-15(2-4-16)28-19(30)13-7-17(14-8-25-11-26-9-14)18(27-10-13)29-6-5-24-12-29/h1-4,7-11,24H,5-6,12H2,(H,28,30). The molecule has 0 spiro atoms. The molecule has 1 aromatic carbocycles. The van der Waals surface area contributed by atoms with E-state index in [1.54, 1.807) is 18.5 Å². The van der Waals surface area contributed by atoms with E-state index in [9.17, 15) is 18.0 Å². The Bertz CT molecular complexity index is 1050. The van der Waals surface area contributed by atoms with Crippen molar-refractivity contribution in [3.05, 3.63) is 60.8 Å². The molecule has 0 unspecified atom stereocenters. The molecule has 160 valence electrons. The molecule has 1 aliphatic rings. The Morgan fingerprint density at radius 1 is 1.13 bits per heavy atom. The van der Waals surface area contributed by atoms with Crippen molar-refractivity contribution in [1.82, 2.24) is 20.3 Å². The fraction of sp³-hybridized carbons (Fsp3) is 0.200. The van der Waals surface area contributed by atoms with Gasteiger partial charge in [-0.3, -0.25) is 10.1 Å². The number of carbonyl (C=O) groups is 1. The Hall–Kier alpha value is -3.73. The lowest BCUT2D eigenvalue weighted by molar-refractivity contribution is -0.274. The average molecular weight is 430 g/mol. The van der Waals surface area contributed by atoms with E-state index in [0.29, 0.717) is 29.3 Å². The third-order valence-corrected chi connectivity index (χ3v) is 4.51. The zero-order valence-corrected chi connectivity index (χ0v) is 16.1. The summed E-state index contributed by atoms with van der Waals surface area (Å²) in [5, 5.41) is 5.88. The molecule has 31 heavy (non-hydrogen) atoms. The molecule has 0 saturated carbocycles. The Kier molecular flexibility index (Phi) is 5.67. The van der Waals surface area contributed by atoms with E-state index in [2.05, 4.69) is 30.3 Å². The van der Waals surface area contributed by atoms with Gasteiger partial charge in [0.2, 0.25) is 0 Å². The van der Waals surface area contributed by atoms with Gasteiger partial charge < -0.3 is 15.0 Å². The second-order valence-electron chi connectivity index (χ2n) is 6.67. The maximum atomic E-state index is 12.7. The predicted molar refractivity (Wildman–Crippen MR) is 107 cm³/mol. The predicted octanol–water partition coefficient (Wildman–Crippen LogP) is 3.06. The fourth-order valence-corrected chi connectivity index (χ4v) is 3.12. The first-order valence-corrected chi connectivity index (χ1v) is 9.27. The molecule has 3 aromatic rings. The molecule has 8 nitrogen and oxygen atoms in total. The summed E-state index contributed by atoms with van der Waals surface area (Å²) in [5.74, 6) is -0.131. The Balaban J connectivity index is 1.57. The first-order valence-electron chi connectivity index (χ1n) is 9.27. The summed E-state index contributed by atoms with van der Waals surface area (Å²) in [6.07, 6.45) is 1.37. The zero-order chi connectivity index (χ0) is 21.8. The van der Waals surface area contributed by atoms with Crippen LogP contribution in [0, 0.1) is 0 Å². The van der Waals surface area contributed by atoms with Gasteiger partial charge in [-0.2, -0.15) is 0 Å². The molecule has 0 bridgehead atoms. The highest BCUT2D eigenvalue weighted by Crippen LogP contribution is 2.30. The molecular formula is C20H17F3N6O2. The number of aromatic nitrogens is 3. The van der Waals surface area contributed by atoms with E-state index in [1.807, 2.05) is 4.90 Å². The molecule has 4 rings (SSSR count). The van der Waals surface area contributed by atoms with Gasteiger partial charge in [-0.1, -0.05) is 0 Å². The van der Waals surface area contributed by atoms with Crippen LogP contribution in [0.1, 0.15) is 10.4 Å². The molecule has 3 heterocycles. The monoisotopic (exact) mass is 430 g/mol. The second kappa shape index (κ2) is 8.56. The van der Waals surface area contributed by atoms with Gasteiger partial charge in [0.15, 0.2) is 0 Å². The van der Waals surface area contributed by atoms with Crippen LogP contribution in [-0.4, -0.2) is 47.0 Å². The van der Waals surface area contributed by atoms with E-state index in [-0.39, 0.29) is 11.3 Å². The summed E-state index contributed by atoms with van der Waals surface area (Å²) in [6.45, 7) is 2.22. The van der Waals surface area contributed by atoms with Gasteiger partial charge >= 0.3 is 6.36 Å². The van der Waals surface area contributed by atoms with Crippen LogP contribution < -0.4 is 20.3 Å². The van der Waals surface area contributed by atoms with Gasteiger partial charge in [-0.25, -0.2) is 15.0 Å². The van der Waals surface area contributed by atoms with Crippen LogP contribution in [0.5, 0.6) is 5.75 Å². The molecule has 0 atom stereocenters. The summed E-state index contributed by atoms with van der Waals surface area (Å²) >= 11 is 0. The normalized spacial score (nSPS) is 13.8. The number of pyridine rings is 1. The van der Waals surface area contributed by atoms with Crippen LogP contribution >= 0.6 is 0 Å². The molecule has 0 aliphatic carbocycles. The van der Waals surface area contributed by atoms with E-state index in [1.165, 1.54) is 24.7 Å². The lowest BCUT2D eigenvalue weighted by Crippen LogP contribution is -2.23. The number of ether oxygens (including phenoxy) is 1. The number of nitrogens with zero attached hydrogens (tertiary/aromatic N) is 4. The van der Waals surface area contributed by atoms with Crippen molar-refractivity contribution < 1.29 is 22.7 Å². The zero-order valence-electron chi connectivity index (χ0n) is 16.1. The van der Waals surface area contributed by atoms with E-state index < -0.39 is 12.3 Å². The number of alkyl halides is 3. The van der Waals surface area contributed by atoms with Crippen LogP contribution in [0.2, 0.25) is 0 Å². The highest BCUT2D eigenvalue weighted by atomic mass is 19.4. The summed E-state index contributed by atoms with van der Waals surface area (Å²) in [5.41, 5.74) is 2.01. The number of anilines is 2. The van der Waals surface area contributed by atoms with E-state index in [0.717, 1.165) is 25.2 Å². The molecule has 1 saturated heterocycles. The van der Waals surface area contributed by atoms with Crippen LogP contribution in [0.15, 0.2) is 55.2 Å². The minimum Gasteiger partial charge on any atom is -0.406 e. The Morgan fingerprint density at radius 2 is 1.87 bits per heavy atom. The fourth-order valence-electron chi connectivity index (χ4n) is 3.12. The lowest BCUT2D eigenvalue weighted by atomic mass is 10.1. The molecule has 1 fully saturated rings. The van der Waals surface area contributed by atoms with Crippen molar-refractivity contribution in [2.45, 2.75) is 6.36 Å². The Labute approximate surface area is 175 Å². The van der Waals surface area contributed by atoms with Crippen molar-refractivity contribution >= 4 is 17.4 Å². The molecule has 0 radical (unpaired) electrons. The average Bonchev–Trinajstić information content (AvgIpc) is 3.29. The summed E-state index contributed by atoms with van der Waals surface area (Å²) in [7, 11) is 0. The minimum atomic E-state index is -4.78. The summed E-state index contributed by atoms with van der Waals surface area (Å²) in [6, 6.07) is 6.58. The third kappa shape index (κ3) is 5.07. The number of nitrogens with one attached hydrogen (secondary N) is 2. The SMILES string of the molecule is O=C(Nc1ccc(OC(F)(F)F)cc1)c1cnc(N2CCNC2)c(-c2cncnc2)c1. The van der Waals surface area contributed by atoms with Gasteiger partial charge in [-0.15, -0.1) is 13.2 Å². The molecule has 11 heteroatoms. The first-order chi connectivity index (χ1) is 14.9. The number of halogens is 3. The number of hydrogen-bond donors (Lipinski definition) is 2. The number of amides is 1. The van der Waals surface area contributed by atoms with E-state index >= 15 is 0 Å². The first kappa shape index (κ1) is 20.5. The summed E-state index contributed by atoms with van der Waals surface area (Å²) in [4.78, 5) is 27.3. The molecule has 1 amide bonds. The number of benzene rings is 1. The maximum Gasteiger partial charge on any atom is 0.573 e. The van der Waals surface area contributed by atoms with Crippen molar-refractivity contribution in [2.75, 3.05) is 30.0 Å². The smallest absolute Gasteiger partial charge is 0.406 e. The molecule has 1 aliphatic heterocycles. The van der Waals surface area contributed by atoms with Gasteiger partial charge in [0, 0.05) is 48.5 Å². The van der Waals surface area contributed by atoms with Crippen molar-refractivity contribution in [3.8, 4) is 16.9 Å². The van der Waals surface area contributed by atoms with Gasteiger partial charge in [-0.05, 0) is 30.3 Å². The van der Waals surface area contributed by atoms with Crippen molar-refractivity contribution in [1.29, 1.82) is 0 Å². The van der Waals surface area contributed by atoms with Crippen LogP contribution in [-0.2, 0) is 0 Å². The highest BCUT2D eigenvalue weighted by molar-refractivity contribution is 6.05. The second-order valence-corrected chi connectivity index (χ2v) is 6.67. The van der Waals surface area contributed by atoms with Crippen LogP contribution in [0.3, 0.4) is 0 Å².